The van der Waals surface area contributed by atoms with Gasteiger partial charge in [0, 0.05) is 12.1 Å². The SMILES string of the molecule is COc1cc(/C=C2\SC(=Nc3ccc(C)cc3)NC2=O)ccc1OCc1ccc([N+](=O)[O-])cc1. The summed E-state index contributed by atoms with van der Waals surface area (Å²) in [5, 5.41) is 14.1. The highest BCUT2D eigenvalue weighted by Gasteiger charge is 2.24. The normalized spacial score (nSPS) is 15.4. The predicted molar refractivity (Wildman–Crippen MR) is 132 cm³/mol. The fourth-order valence-corrected chi connectivity index (χ4v) is 3.98. The highest BCUT2D eigenvalue weighted by molar-refractivity contribution is 8.18. The maximum atomic E-state index is 12.4. The van der Waals surface area contributed by atoms with Crippen LogP contribution in [0.4, 0.5) is 11.4 Å². The van der Waals surface area contributed by atoms with Crippen LogP contribution in [0.5, 0.6) is 11.5 Å². The molecule has 8 nitrogen and oxygen atoms in total. The van der Waals surface area contributed by atoms with Gasteiger partial charge in [0.2, 0.25) is 0 Å². The van der Waals surface area contributed by atoms with E-state index >= 15 is 0 Å². The molecule has 0 bridgehead atoms. The number of hydrogen-bond donors (Lipinski definition) is 1. The molecule has 9 heteroatoms. The van der Waals surface area contributed by atoms with Crippen LogP contribution in [0, 0.1) is 17.0 Å². The van der Waals surface area contributed by atoms with E-state index in [2.05, 4.69) is 10.3 Å². The molecule has 1 amide bonds. The van der Waals surface area contributed by atoms with E-state index in [1.807, 2.05) is 37.3 Å². The Bertz CT molecular complexity index is 1280. The summed E-state index contributed by atoms with van der Waals surface area (Å²) in [5.74, 6) is 0.815. The number of carbonyl (C=O) groups is 1. The Kier molecular flexibility index (Phi) is 6.93. The number of nitrogens with one attached hydrogen (secondary N) is 1. The Balaban J connectivity index is 1.46. The van der Waals surface area contributed by atoms with Crippen molar-refractivity contribution >= 4 is 40.3 Å². The van der Waals surface area contributed by atoms with Gasteiger partial charge in [-0.15, -0.1) is 0 Å². The first-order valence-electron chi connectivity index (χ1n) is 10.3. The van der Waals surface area contributed by atoms with Crippen LogP contribution in [0.2, 0.25) is 0 Å². The van der Waals surface area contributed by atoms with Gasteiger partial charge in [-0.05, 0) is 72.3 Å². The van der Waals surface area contributed by atoms with Gasteiger partial charge in [-0.25, -0.2) is 4.99 Å². The van der Waals surface area contributed by atoms with E-state index in [-0.39, 0.29) is 18.2 Å². The van der Waals surface area contributed by atoms with Crippen LogP contribution >= 0.6 is 11.8 Å². The lowest BCUT2D eigenvalue weighted by atomic mass is 10.2. The van der Waals surface area contributed by atoms with Gasteiger partial charge in [0.25, 0.3) is 11.6 Å². The van der Waals surface area contributed by atoms with Crippen molar-refractivity contribution < 1.29 is 19.2 Å². The second-order valence-electron chi connectivity index (χ2n) is 7.44. The molecule has 1 N–H and O–H groups in total. The monoisotopic (exact) mass is 475 g/mol. The number of rotatable bonds is 7. The minimum absolute atomic E-state index is 0.0274. The van der Waals surface area contributed by atoms with Crippen LogP contribution in [-0.4, -0.2) is 23.1 Å². The van der Waals surface area contributed by atoms with Gasteiger partial charge in [-0.3, -0.25) is 14.9 Å². The van der Waals surface area contributed by atoms with E-state index in [1.165, 1.54) is 31.0 Å². The van der Waals surface area contributed by atoms with Crippen molar-refractivity contribution in [1.82, 2.24) is 5.32 Å². The lowest BCUT2D eigenvalue weighted by Gasteiger charge is -2.11. The molecule has 34 heavy (non-hydrogen) atoms. The van der Waals surface area contributed by atoms with Crippen LogP contribution in [0.1, 0.15) is 16.7 Å². The molecule has 0 spiro atoms. The molecule has 1 aliphatic rings. The summed E-state index contributed by atoms with van der Waals surface area (Å²) in [6.45, 7) is 2.23. The number of nitrogens with zero attached hydrogens (tertiary/aromatic N) is 2. The van der Waals surface area contributed by atoms with E-state index in [1.54, 1.807) is 30.3 Å². The van der Waals surface area contributed by atoms with Crippen molar-refractivity contribution in [2.75, 3.05) is 7.11 Å². The molecular formula is C25H21N3O5S. The summed E-state index contributed by atoms with van der Waals surface area (Å²) in [6, 6.07) is 19.3. The molecule has 0 unspecified atom stereocenters. The topological polar surface area (TPSA) is 103 Å². The maximum absolute atomic E-state index is 12.4. The fraction of sp³-hybridized carbons (Fsp3) is 0.120. The number of ether oxygens (including phenoxy) is 2. The number of carbonyl (C=O) groups excluding carboxylic acids is 1. The molecule has 0 saturated carbocycles. The Morgan fingerprint density at radius 1 is 1.06 bits per heavy atom. The minimum Gasteiger partial charge on any atom is -0.493 e. The number of amidine groups is 1. The third kappa shape index (κ3) is 5.62. The molecule has 4 rings (SSSR count). The number of aryl methyl sites for hydroxylation is 1. The zero-order chi connectivity index (χ0) is 24.1. The van der Waals surface area contributed by atoms with Crippen molar-refractivity contribution in [3.8, 4) is 11.5 Å². The van der Waals surface area contributed by atoms with Gasteiger partial charge in [-0.1, -0.05) is 23.8 Å². The number of methoxy groups -OCH3 is 1. The molecule has 0 atom stereocenters. The smallest absolute Gasteiger partial charge is 0.269 e. The summed E-state index contributed by atoms with van der Waals surface area (Å²) < 4.78 is 11.3. The van der Waals surface area contributed by atoms with Crippen molar-refractivity contribution in [3.63, 3.8) is 0 Å². The Hall–Kier alpha value is -4.11. The van der Waals surface area contributed by atoms with E-state index in [9.17, 15) is 14.9 Å². The third-order valence-electron chi connectivity index (χ3n) is 4.94. The van der Waals surface area contributed by atoms with Crippen LogP contribution in [0.15, 0.2) is 76.6 Å². The number of hydrogen-bond acceptors (Lipinski definition) is 7. The Morgan fingerprint density at radius 2 is 1.79 bits per heavy atom. The molecule has 3 aromatic rings. The van der Waals surface area contributed by atoms with Gasteiger partial charge in [0.05, 0.1) is 22.6 Å². The lowest BCUT2D eigenvalue weighted by molar-refractivity contribution is -0.384. The van der Waals surface area contributed by atoms with Crippen molar-refractivity contribution in [2.24, 2.45) is 4.99 Å². The number of nitro groups is 1. The van der Waals surface area contributed by atoms with Crippen molar-refractivity contribution in [2.45, 2.75) is 13.5 Å². The van der Waals surface area contributed by atoms with Crippen molar-refractivity contribution in [1.29, 1.82) is 0 Å². The standard InChI is InChI=1S/C25H21N3O5S/c1-16-3-8-19(9-4-16)26-25-27-24(29)23(34-25)14-18-7-12-21(22(13-18)32-2)33-15-17-5-10-20(11-6-17)28(30)31/h3-14H,15H2,1-2H3,(H,26,27,29)/b23-14-. The predicted octanol–water partition coefficient (Wildman–Crippen LogP) is 5.38. The van der Waals surface area contributed by atoms with Crippen LogP contribution < -0.4 is 14.8 Å². The second kappa shape index (κ2) is 10.2. The summed E-state index contributed by atoms with van der Waals surface area (Å²) in [6.07, 6.45) is 1.76. The zero-order valence-corrected chi connectivity index (χ0v) is 19.3. The van der Waals surface area contributed by atoms with E-state index in [4.69, 9.17) is 9.47 Å². The molecule has 1 fully saturated rings. The Labute approximate surface area is 200 Å². The van der Waals surface area contributed by atoms with Crippen molar-refractivity contribution in [3.05, 3.63) is 98.4 Å². The average molecular weight is 476 g/mol. The molecule has 0 aromatic heterocycles. The van der Waals surface area contributed by atoms with Gasteiger partial charge in [0.15, 0.2) is 16.7 Å². The highest BCUT2D eigenvalue weighted by atomic mass is 32.2. The number of thioether (sulfide) groups is 1. The number of amides is 1. The fourth-order valence-electron chi connectivity index (χ4n) is 3.14. The largest absolute Gasteiger partial charge is 0.493 e. The maximum Gasteiger partial charge on any atom is 0.269 e. The van der Waals surface area contributed by atoms with E-state index in [0.29, 0.717) is 21.6 Å². The second-order valence-corrected chi connectivity index (χ2v) is 8.47. The van der Waals surface area contributed by atoms with Crippen LogP contribution in [0.25, 0.3) is 6.08 Å². The highest BCUT2D eigenvalue weighted by Crippen LogP contribution is 2.32. The van der Waals surface area contributed by atoms with Gasteiger partial charge in [-0.2, -0.15) is 0 Å². The summed E-state index contributed by atoms with van der Waals surface area (Å²) >= 11 is 1.27. The minimum atomic E-state index is -0.443. The van der Waals surface area contributed by atoms with E-state index < -0.39 is 4.92 Å². The molecular weight excluding hydrogens is 454 g/mol. The third-order valence-corrected chi connectivity index (χ3v) is 5.85. The van der Waals surface area contributed by atoms with Gasteiger partial charge >= 0.3 is 0 Å². The molecule has 1 heterocycles. The number of nitro benzene ring substituents is 1. The molecule has 3 aromatic carbocycles. The number of benzene rings is 3. The first-order valence-corrected chi connectivity index (χ1v) is 11.1. The number of aliphatic imine (C=N–C) groups is 1. The molecule has 0 aliphatic carbocycles. The molecule has 0 radical (unpaired) electrons. The quantitative estimate of drug-likeness (QED) is 0.279. The first kappa shape index (κ1) is 23.1. The summed E-state index contributed by atoms with van der Waals surface area (Å²) in [4.78, 5) is 27.7. The molecule has 1 saturated heterocycles. The lowest BCUT2D eigenvalue weighted by Crippen LogP contribution is -2.19. The van der Waals surface area contributed by atoms with Crippen LogP contribution in [-0.2, 0) is 11.4 Å². The summed E-state index contributed by atoms with van der Waals surface area (Å²) in [5.41, 5.74) is 3.50. The number of non-ortho nitro benzene ring substituents is 1. The Morgan fingerprint density at radius 3 is 2.47 bits per heavy atom. The van der Waals surface area contributed by atoms with Gasteiger partial charge in [0.1, 0.15) is 6.61 Å². The van der Waals surface area contributed by atoms with Gasteiger partial charge < -0.3 is 14.8 Å². The molecule has 1 aliphatic heterocycles. The zero-order valence-electron chi connectivity index (χ0n) is 18.5. The van der Waals surface area contributed by atoms with E-state index in [0.717, 1.165) is 22.4 Å². The van der Waals surface area contributed by atoms with Crippen LogP contribution in [0.3, 0.4) is 0 Å². The summed E-state index contributed by atoms with van der Waals surface area (Å²) in [7, 11) is 1.54. The first-order chi connectivity index (χ1) is 16.4. The average Bonchev–Trinajstić information content (AvgIpc) is 3.18. The molecule has 172 valence electrons.